The third-order valence-corrected chi connectivity index (χ3v) is 1.79. The van der Waals surface area contributed by atoms with Gasteiger partial charge in [-0.15, -0.1) is 10.2 Å². The minimum Gasteiger partial charge on any atom is -0.408 e. The molecule has 4 N–H and O–H groups in total. The van der Waals surface area contributed by atoms with E-state index in [4.69, 9.17) is 23.1 Å². The molecular formula is C7H5ClN6O2. The smallest absolute Gasteiger partial charge is 0.408 e. The van der Waals surface area contributed by atoms with Crippen molar-refractivity contribution >= 4 is 34.8 Å². The van der Waals surface area contributed by atoms with Crippen molar-refractivity contribution < 1.29 is 9.53 Å². The van der Waals surface area contributed by atoms with E-state index in [2.05, 4.69) is 24.9 Å². The number of nitrogen functional groups attached to an aromatic ring is 1. The van der Waals surface area contributed by atoms with Gasteiger partial charge in [0.15, 0.2) is 16.9 Å². The van der Waals surface area contributed by atoms with Crippen LogP contribution in [0.3, 0.4) is 0 Å². The number of anilines is 1. The van der Waals surface area contributed by atoms with Gasteiger partial charge in [0.25, 0.3) is 0 Å². The molecule has 0 aliphatic rings. The Hall–Kier alpha value is -2.22. The predicted octanol–water partition coefficient (Wildman–Crippen LogP) is 0.113. The highest BCUT2D eigenvalue weighted by Gasteiger charge is 2.12. The number of hydrogen-bond donors (Lipinski definition) is 2. The van der Waals surface area contributed by atoms with Crippen molar-refractivity contribution in [3.05, 3.63) is 11.2 Å². The van der Waals surface area contributed by atoms with Gasteiger partial charge in [0.05, 0.1) is 0 Å². The predicted molar refractivity (Wildman–Crippen MR) is 54.8 cm³/mol. The molecular weight excluding hydrogens is 236 g/mol. The van der Waals surface area contributed by atoms with E-state index in [1.807, 2.05) is 0 Å². The summed E-state index contributed by atoms with van der Waals surface area (Å²) in [6.07, 6.45) is -0.998. The summed E-state index contributed by atoms with van der Waals surface area (Å²) in [5.41, 5.74) is 10.5. The van der Waals surface area contributed by atoms with Crippen LogP contribution < -0.4 is 16.2 Å². The van der Waals surface area contributed by atoms with E-state index in [9.17, 15) is 4.79 Å². The Balaban J connectivity index is 2.67. The Bertz CT molecular complexity index is 569. The fourth-order valence-electron chi connectivity index (χ4n) is 1.06. The molecule has 0 saturated heterocycles. The molecule has 0 aliphatic heterocycles. The number of rotatable bonds is 1. The lowest BCUT2D eigenvalue weighted by Crippen LogP contribution is -2.17. The van der Waals surface area contributed by atoms with Crippen molar-refractivity contribution in [1.82, 2.24) is 20.2 Å². The number of nitrogens with two attached hydrogens (primary N) is 2. The van der Waals surface area contributed by atoms with Crippen LogP contribution >= 0.6 is 11.6 Å². The first kappa shape index (κ1) is 10.3. The maximum Gasteiger partial charge on any atom is 0.410 e. The Morgan fingerprint density at radius 3 is 2.81 bits per heavy atom. The van der Waals surface area contributed by atoms with E-state index in [1.165, 1.54) is 6.07 Å². The van der Waals surface area contributed by atoms with Crippen molar-refractivity contribution in [2.45, 2.75) is 0 Å². The van der Waals surface area contributed by atoms with Crippen molar-refractivity contribution in [3.8, 4) is 5.75 Å². The quantitative estimate of drug-likeness (QED) is 0.677. The molecule has 2 rings (SSSR count). The van der Waals surface area contributed by atoms with E-state index >= 15 is 0 Å². The third-order valence-electron chi connectivity index (χ3n) is 1.59. The average Bonchev–Trinajstić information content (AvgIpc) is 2.15. The van der Waals surface area contributed by atoms with Gasteiger partial charge in [0, 0.05) is 6.07 Å². The highest BCUT2D eigenvalue weighted by Crippen LogP contribution is 2.24. The zero-order valence-electron chi connectivity index (χ0n) is 7.72. The molecule has 16 heavy (non-hydrogen) atoms. The summed E-state index contributed by atoms with van der Waals surface area (Å²) in [4.78, 5) is 18.3. The number of carbonyl (C=O) groups is 1. The van der Waals surface area contributed by atoms with Gasteiger partial charge < -0.3 is 16.2 Å². The SMILES string of the molecule is NC(=O)Oc1cc(Cl)nc2nc(N)nnc12. The lowest BCUT2D eigenvalue weighted by molar-refractivity contribution is 0.211. The summed E-state index contributed by atoms with van der Waals surface area (Å²) in [7, 11) is 0. The molecule has 0 saturated carbocycles. The summed E-state index contributed by atoms with van der Waals surface area (Å²) in [5.74, 6) is -0.0326. The molecule has 2 aromatic heterocycles. The Kier molecular flexibility index (Phi) is 2.41. The largest absolute Gasteiger partial charge is 0.410 e. The van der Waals surface area contributed by atoms with Crippen LogP contribution in [0.5, 0.6) is 5.75 Å². The lowest BCUT2D eigenvalue weighted by atomic mass is 10.4. The number of amides is 1. The Labute approximate surface area is 93.6 Å². The second kappa shape index (κ2) is 3.74. The van der Waals surface area contributed by atoms with E-state index < -0.39 is 6.09 Å². The molecule has 0 spiro atoms. The monoisotopic (exact) mass is 240 g/mol. The minimum absolute atomic E-state index is 0.0301. The lowest BCUT2D eigenvalue weighted by Gasteiger charge is -2.03. The number of aromatic nitrogens is 4. The summed E-state index contributed by atoms with van der Waals surface area (Å²) in [6.45, 7) is 0. The molecule has 9 heteroatoms. The van der Waals surface area contributed by atoms with Crippen molar-refractivity contribution in [1.29, 1.82) is 0 Å². The molecule has 0 atom stereocenters. The van der Waals surface area contributed by atoms with Gasteiger partial charge in [-0.2, -0.15) is 4.98 Å². The number of halogens is 1. The van der Waals surface area contributed by atoms with Crippen molar-refractivity contribution in [3.63, 3.8) is 0 Å². The first-order valence-corrected chi connectivity index (χ1v) is 4.38. The van der Waals surface area contributed by atoms with Gasteiger partial charge in [-0.25, -0.2) is 9.78 Å². The molecule has 2 heterocycles. The number of pyridine rings is 1. The van der Waals surface area contributed by atoms with Gasteiger partial charge in [0.2, 0.25) is 5.95 Å². The minimum atomic E-state index is -0.998. The number of primary amides is 1. The topological polar surface area (TPSA) is 130 Å². The van der Waals surface area contributed by atoms with E-state index in [0.29, 0.717) is 0 Å². The van der Waals surface area contributed by atoms with Crippen LogP contribution in [0.25, 0.3) is 11.2 Å². The van der Waals surface area contributed by atoms with Crippen LogP contribution in [0, 0.1) is 0 Å². The average molecular weight is 241 g/mol. The van der Waals surface area contributed by atoms with Crippen LogP contribution in [0.1, 0.15) is 0 Å². The number of fused-ring (bicyclic) bond motifs is 1. The molecule has 2 aromatic rings. The standard InChI is InChI=1S/C7H5ClN6O2/c8-3-1-2(16-7(10)15)4-5(11-3)12-6(9)14-13-4/h1H,(H2,10,15)(H2,9,11,12,14). The highest BCUT2D eigenvalue weighted by atomic mass is 35.5. The first-order chi connectivity index (χ1) is 7.56. The second-order valence-electron chi connectivity index (χ2n) is 2.71. The molecule has 82 valence electrons. The van der Waals surface area contributed by atoms with Crippen LogP contribution in [0.4, 0.5) is 10.7 Å². The maximum atomic E-state index is 10.6. The van der Waals surface area contributed by atoms with E-state index in [1.54, 1.807) is 0 Å². The fourth-order valence-corrected chi connectivity index (χ4v) is 1.24. The number of nitrogens with zero attached hydrogens (tertiary/aromatic N) is 4. The van der Waals surface area contributed by atoms with Crippen LogP contribution in [-0.2, 0) is 0 Å². The molecule has 1 amide bonds. The van der Waals surface area contributed by atoms with Crippen LogP contribution in [0.2, 0.25) is 5.15 Å². The summed E-state index contributed by atoms with van der Waals surface area (Å²) >= 11 is 5.69. The molecule has 0 fully saturated rings. The Morgan fingerprint density at radius 1 is 1.38 bits per heavy atom. The molecule has 0 bridgehead atoms. The van der Waals surface area contributed by atoms with Gasteiger partial charge >= 0.3 is 6.09 Å². The highest BCUT2D eigenvalue weighted by molar-refractivity contribution is 6.30. The summed E-state index contributed by atoms with van der Waals surface area (Å²) in [5, 5.41) is 7.26. The summed E-state index contributed by atoms with van der Waals surface area (Å²) < 4.78 is 4.68. The molecule has 0 aliphatic carbocycles. The molecule has 0 unspecified atom stereocenters. The molecule has 0 radical (unpaired) electrons. The maximum absolute atomic E-state index is 10.6. The van der Waals surface area contributed by atoms with E-state index in [-0.39, 0.29) is 28.0 Å². The number of ether oxygens (including phenoxy) is 1. The van der Waals surface area contributed by atoms with E-state index in [0.717, 1.165) is 0 Å². The zero-order valence-corrected chi connectivity index (χ0v) is 8.47. The zero-order chi connectivity index (χ0) is 11.7. The summed E-state index contributed by atoms with van der Waals surface area (Å²) in [6, 6.07) is 1.28. The molecule has 8 nitrogen and oxygen atoms in total. The fraction of sp³-hybridized carbons (Fsp3) is 0. The van der Waals surface area contributed by atoms with Gasteiger partial charge in [-0.3, -0.25) is 0 Å². The normalized spacial score (nSPS) is 10.3. The van der Waals surface area contributed by atoms with Gasteiger partial charge in [-0.1, -0.05) is 11.6 Å². The van der Waals surface area contributed by atoms with Crippen LogP contribution in [0.15, 0.2) is 6.07 Å². The third kappa shape index (κ3) is 1.91. The first-order valence-electron chi connectivity index (χ1n) is 4.00. The van der Waals surface area contributed by atoms with Crippen LogP contribution in [-0.4, -0.2) is 26.3 Å². The number of carbonyl (C=O) groups excluding carboxylic acids is 1. The van der Waals surface area contributed by atoms with Crippen molar-refractivity contribution in [2.24, 2.45) is 5.73 Å². The number of hydrogen-bond acceptors (Lipinski definition) is 7. The van der Waals surface area contributed by atoms with Gasteiger partial charge in [-0.05, 0) is 0 Å². The van der Waals surface area contributed by atoms with Crippen molar-refractivity contribution in [2.75, 3.05) is 5.73 Å². The molecule has 0 aromatic carbocycles. The Morgan fingerprint density at radius 2 is 2.12 bits per heavy atom. The van der Waals surface area contributed by atoms with Gasteiger partial charge in [0.1, 0.15) is 5.15 Å². The second-order valence-corrected chi connectivity index (χ2v) is 3.09.